The van der Waals surface area contributed by atoms with Crippen LogP contribution in [-0.2, 0) is 27.1 Å². The highest BCUT2D eigenvalue weighted by molar-refractivity contribution is 6.11. The van der Waals surface area contributed by atoms with Gasteiger partial charge in [-0.05, 0) is 157 Å². The molecule has 5 heteroatoms. The molecule has 0 amide bonds. The van der Waals surface area contributed by atoms with Crippen molar-refractivity contribution >= 4 is 61.6 Å². The SMILES string of the molecule is CC(C)(C)c1ccc(C(C)(C)c2ccnc(-n3c4ccc(-c5ccccc5)cc4c4ccc(N(c5ccccc5)c5cc(N6CN(c7cc(C(C)(C)C)cc(C(C)(C)C)c7)c7ccccc76)cc(C(C)(C)C)c5)cc43)c2)cc1. The number of pyridine rings is 1. The zero-order chi connectivity index (χ0) is 55.1. The molecule has 2 aromatic heterocycles. The maximum absolute atomic E-state index is 5.22. The number of nitrogens with zero attached hydrogens (tertiary/aromatic N) is 5. The van der Waals surface area contributed by atoms with E-state index in [9.17, 15) is 0 Å². The quantitative estimate of drug-likeness (QED) is 0.144. The Bertz CT molecular complexity index is 3800. The molecule has 8 aromatic carbocycles. The second-order valence-electron chi connectivity index (χ2n) is 26.4. The van der Waals surface area contributed by atoms with E-state index >= 15 is 0 Å². The number of anilines is 7. The van der Waals surface area contributed by atoms with Crippen molar-refractivity contribution in [3.05, 3.63) is 234 Å². The van der Waals surface area contributed by atoms with E-state index in [1.807, 2.05) is 6.20 Å². The molecule has 78 heavy (non-hydrogen) atoms. The van der Waals surface area contributed by atoms with E-state index in [1.54, 1.807) is 0 Å². The average Bonchev–Trinajstić information content (AvgIpc) is 4.21. The van der Waals surface area contributed by atoms with E-state index in [0.717, 1.165) is 39.6 Å². The first-order chi connectivity index (χ1) is 36.9. The lowest BCUT2D eigenvalue weighted by Crippen LogP contribution is -2.26. The van der Waals surface area contributed by atoms with Crippen LogP contribution in [0.25, 0.3) is 38.8 Å². The molecular weight excluding hydrogens is 947 g/mol. The van der Waals surface area contributed by atoms with Crippen molar-refractivity contribution in [1.29, 1.82) is 0 Å². The summed E-state index contributed by atoms with van der Waals surface area (Å²) < 4.78 is 2.39. The molecule has 1 aliphatic rings. The Hall–Kier alpha value is -7.89. The highest BCUT2D eigenvalue weighted by atomic mass is 15.4. The Labute approximate surface area is 464 Å². The van der Waals surface area contributed by atoms with Gasteiger partial charge in [0.1, 0.15) is 12.5 Å². The summed E-state index contributed by atoms with van der Waals surface area (Å²) >= 11 is 0. The lowest BCUT2D eigenvalue weighted by Gasteiger charge is -2.31. The van der Waals surface area contributed by atoms with Crippen LogP contribution in [0.2, 0.25) is 0 Å². The lowest BCUT2D eigenvalue weighted by molar-refractivity contribution is 0.568. The minimum Gasteiger partial charge on any atom is -0.321 e. The third-order valence-corrected chi connectivity index (χ3v) is 16.3. The minimum absolute atomic E-state index is 0.00883. The van der Waals surface area contributed by atoms with Crippen molar-refractivity contribution in [2.24, 2.45) is 0 Å². The first-order valence-electron chi connectivity index (χ1n) is 28.0. The lowest BCUT2D eigenvalue weighted by atomic mass is 9.77. The fourth-order valence-corrected chi connectivity index (χ4v) is 11.3. The molecule has 5 nitrogen and oxygen atoms in total. The molecule has 10 aromatic rings. The first-order valence-corrected chi connectivity index (χ1v) is 28.0. The van der Waals surface area contributed by atoms with Gasteiger partial charge < -0.3 is 14.7 Å². The van der Waals surface area contributed by atoms with Crippen molar-refractivity contribution in [1.82, 2.24) is 9.55 Å². The van der Waals surface area contributed by atoms with Gasteiger partial charge in [-0.15, -0.1) is 0 Å². The molecule has 0 aliphatic carbocycles. The van der Waals surface area contributed by atoms with Gasteiger partial charge in [-0.25, -0.2) is 4.98 Å². The summed E-state index contributed by atoms with van der Waals surface area (Å²) in [6, 6.07) is 72.7. The second-order valence-corrected chi connectivity index (χ2v) is 26.4. The second kappa shape index (κ2) is 19.2. The molecule has 0 saturated carbocycles. The van der Waals surface area contributed by atoms with E-state index in [1.165, 1.54) is 72.3 Å². The molecule has 0 bridgehead atoms. The monoisotopic (exact) mass is 1020 g/mol. The maximum atomic E-state index is 5.22. The number of rotatable bonds is 9. The summed E-state index contributed by atoms with van der Waals surface area (Å²) in [5.41, 5.74) is 20.0. The van der Waals surface area contributed by atoms with Crippen LogP contribution in [0.3, 0.4) is 0 Å². The largest absolute Gasteiger partial charge is 0.321 e. The normalized spacial score (nSPS) is 13.4. The third kappa shape index (κ3) is 9.78. The van der Waals surface area contributed by atoms with Crippen LogP contribution in [-0.4, -0.2) is 16.2 Å². The van der Waals surface area contributed by atoms with Crippen molar-refractivity contribution in [3.8, 4) is 16.9 Å². The summed E-state index contributed by atoms with van der Waals surface area (Å²) in [5.74, 6) is 0.889. The van der Waals surface area contributed by atoms with Crippen LogP contribution in [0.4, 0.5) is 39.8 Å². The summed E-state index contributed by atoms with van der Waals surface area (Å²) in [5, 5.41) is 2.36. The highest BCUT2D eigenvalue weighted by Gasteiger charge is 2.33. The number of hydrogen-bond donors (Lipinski definition) is 0. The Morgan fingerprint density at radius 1 is 0.359 bits per heavy atom. The summed E-state index contributed by atoms with van der Waals surface area (Å²) in [4.78, 5) is 12.7. The predicted octanol–water partition coefficient (Wildman–Crippen LogP) is 20.1. The van der Waals surface area contributed by atoms with E-state index in [-0.39, 0.29) is 27.1 Å². The van der Waals surface area contributed by atoms with E-state index in [4.69, 9.17) is 4.98 Å². The van der Waals surface area contributed by atoms with Crippen LogP contribution in [0.15, 0.2) is 200 Å². The molecule has 1 aliphatic heterocycles. The zero-order valence-electron chi connectivity index (χ0n) is 48.5. The van der Waals surface area contributed by atoms with Crippen molar-refractivity contribution in [2.75, 3.05) is 21.4 Å². The van der Waals surface area contributed by atoms with Crippen LogP contribution in [0.1, 0.15) is 130 Å². The molecule has 0 fully saturated rings. The zero-order valence-corrected chi connectivity index (χ0v) is 48.5. The van der Waals surface area contributed by atoms with Gasteiger partial charge in [0.05, 0.1) is 22.4 Å². The van der Waals surface area contributed by atoms with E-state index in [2.05, 4.69) is 310 Å². The average molecular weight is 1020 g/mol. The number of para-hydroxylation sites is 3. The fourth-order valence-electron chi connectivity index (χ4n) is 11.3. The van der Waals surface area contributed by atoms with Gasteiger partial charge >= 0.3 is 0 Å². The summed E-state index contributed by atoms with van der Waals surface area (Å²) in [6.07, 6.45) is 1.99. The standard InChI is InChI=1S/C73H77N5/c1-69(2,3)51-30-32-52(33-31-51)73(13,14)53-37-38-74-68(45-53)78-64-36-29-50(49-23-17-15-18-24-49)39-63(64)62-35-34-58(47-67(62)78)77(57-25-19-16-20-26-57)61-44-56(72(10,11)12)43-60(46-61)76-48-75(65-27-21-22-28-66(65)76)59-41-54(70(4,5)6)40-55(42-59)71(7,8)9/h15-47H,48H2,1-14H3. The minimum atomic E-state index is -0.281. The van der Waals surface area contributed by atoms with E-state index in [0.29, 0.717) is 6.67 Å². The predicted molar refractivity (Wildman–Crippen MR) is 334 cm³/mol. The van der Waals surface area contributed by atoms with Crippen LogP contribution < -0.4 is 14.7 Å². The first kappa shape index (κ1) is 52.2. The van der Waals surface area contributed by atoms with Gasteiger partial charge in [-0.1, -0.05) is 200 Å². The molecule has 0 atom stereocenters. The number of fused-ring (bicyclic) bond motifs is 4. The Kier molecular flexibility index (Phi) is 12.9. The fraction of sp³-hybridized carbons (Fsp3) is 0.274. The highest BCUT2D eigenvalue weighted by Crippen LogP contribution is 2.49. The van der Waals surface area contributed by atoms with Crippen LogP contribution in [0, 0.1) is 0 Å². The third-order valence-electron chi connectivity index (χ3n) is 16.3. The molecule has 11 rings (SSSR count). The maximum Gasteiger partial charge on any atom is 0.137 e. The molecule has 0 N–H and O–H groups in total. The van der Waals surface area contributed by atoms with Gasteiger partial charge in [-0.3, -0.25) is 4.57 Å². The molecule has 0 unspecified atom stereocenters. The Morgan fingerprint density at radius 2 is 0.897 bits per heavy atom. The molecule has 3 heterocycles. The Balaban J connectivity index is 1.09. The summed E-state index contributed by atoms with van der Waals surface area (Å²) in [7, 11) is 0. The van der Waals surface area contributed by atoms with Crippen molar-refractivity contribution in [3.63, 3.8) is 0 Å². The number of hydrogen-bond acceptors (Lipinski definition) is 4. The van der Waals surface area contributed by atoms with Gasteiger partial charge in [0.2, 0.25) is 0 Å². The van der Waals surface area contributed by atoms with Gasteiger partial charge in [0.15, 0.2) is 0 Å². The summed E-state index contributed by atoms with van der Waals surface area (Å²) in [6.45, 7) is 33.1. The van der Waals surface area contributed by atoms with E-state index < -0.39 is 0 Å². The number of aromatic nitrogens is 2. The van der Waals surface area contributed by atoms with Gasteiger partial charge in [0, 0.05) is 50.8 Å². The van der Waals surface area contributed by atoms with Crippen LogP contribution in [0.5, 0.6) is 0 Å². The van der Waals surface area contributed by atoms with Crippen molar-refractivity contribution in [2.45, 2.75) is 124 Å². The van der Waals surface area contributed by atoms with Crippen molar-refractivity contribution < 1.29 is 0 Å². The molecular formula is C73H77N5. The van der Waals surface area contributed by atoms with Gasteiger partial charge in [0.25, 0.3) is 0 Å². The van der Waals surface area contributed by atoms with Gasteiger partial charge in [-0.2, -0.15) is 0 Å². The molecule has 0 saturated heterocycles. The number of benzene rings is 8. The topological polar surface area (TPSA) is 27.5 Å². The molecule has 394 valence electrons. The molecule has 0 spiro atoms. The molecule has 0 radical (unpaired) electrons. The smallest absolute Gasteiger partial charge is 0.137 e. The van der Waals surface area contributed by atoms with Crippen LogP contribution >= 0.6 is 0 Å². The Morgan fingerprint density at radius 3 is 1.49 bits per heavy atom.